The maximum atomic E-state index is 5.60. The molecular weight excluding hydrogens is 219 g/mol. The van der Waals surface area contributed by atoms with Crippen LogP contribution in [0.25, 0.3) is 0 Å². The Morgan fingerprint density at radius 2 is 1.86 bits per heavy atom. The van der Waals surface area contributed by atoms with E-state index in [9.17, 15) is 0 Å². The molecule has 1 aromatic rings. The maximum absolute atomic E-state index is 5.60. The summed E-state index contributed by atoms with van der Waals surface area (Å²) in [4.78, 5) is 0. The first-order chi connectivity index (χ1) is 5.90. The summed E-state index contributed by atoms with van der Waals surface area (Å²) in [5.41, 5.74) is 8.47. The highest BCUT2D eigenvalue weighted by molar-refractivity contribution is 5.85. The minimum absolute atomic E-state index is 0. The summed E-state index contributed by atoms with van der Waals surface area (Å²) in [6.45, 7) is 1.70. The molecule has 0 amide bonds. The lowest BCUT2D eigenvalue weighted by atomic mass is 9.96. The Balaban J connectivity index is 0.000000845. The zero-order valence-electron chi connectivity index (χ0n) is 7.90. The first-order valence-corrected chi connectivity index (χ1v) is 4.40. The fourth-order valence-electron chi connectivity index (χ4n) is 1.69. The first kappa shape index (κ1) is 13.7. The first-order valence-electron chi connectivity index (χ1n) is 4.40. The van der Waals surface area contributed by atoms with Gasteiger partial charge in [-0.2, -0.15) is 0 Å². The molecule has 1 aromatic carbocycles. The molecule has 1 aliphatic rings. The van der Waals surface area contributed by atoms with Crippen LogP contribution in [0.4, 0.5) is 0 Å². The van der Waals surface area contributed by atoms with Crippen molar-refractivity contribution in [1.82, 2.24) is 5.32 Å². The Hall–Kier alpha value is -0.280. The molecule has 2 nitrogen and oxygen atoms in total. The molecule has 0 unspecified atom stereocenters. The normalized spacial score (nSPS) is 18.8. The number of hydrogen-bond acceptors (Lipinski definition) is 2. The van der Waals surface area contributed by atoms with Gasteiger partial charge in [-0.05, 0) is 17.5 Å². The highest BCUT2D eigenvalue weighted by Gasteiger charge is 2.14. The van der Waals surface area contributed by atoms with E-state index >= 15 is 0 Å². The van der Waals surface area contributed by atoms with Gasteiger partial charge in [-0.3, -0.25) is 0 Å². The Morgan fingerprint density at radius 3 is 2.50 bits per heavy atom. The van der Waals surface area contributed by atoms with Crippen molar-refractivity contribution in [2.45, 2.75) is 19.0 Å². The second-order valence-corrected chi connectivity index (χ2v) is 3.29. The topological polar surface area (TPSA) is 38.0 Å². The molecule has 0 saturated carbocycles. The molecule has 0 saturated heterocycles. The predicted octanol–water partition coefficient (Wildman–Crippen LogP) is 1.50. The molecule has 0 bridgehead atoms. The van der Waals surface area contributed by atoms with Crippen molar-refractivity contribution in [2.75, 3.05) is 6.54 Å². The largest absolute Gasteiger partial charge is 0.329 e. The fourth-order valence-corrected chi connectivity index (χ4v) is 1.69. The number of hydrogen-bond donors (Lipinski definition) is 2. The summed E-state index contributed by atoms with van der Waals surface area (Å²) in [5, 5.41) is 3.40. The van der Waals surface area contributed by atoms with Crippen LogP contribution < -0.4 is 11.1 Å². The SMILES string of the molecule is Cl.Cl.NC[C@@H]1Cc2ccccc2CN1. The van der Waals surface area contributed by atoms with Crippen molar-refractivity contribution < 1.29 is 0 Å². The quantitative estimate of drug-likeness (QED) is 0.774. The second kappa shape index (κ2) is 6.25. The minimum atomic E-state index is 0. The lowest BCUT2D eigenvalue weighted by Crippen LogP contribution is -2.40. The zero-order chi connectivity index (χ0) is 8.39. The highest BCUT2D eigenvalue weighted by atomic mass is 35.5. The van der Waals surface area contributed by atoms with Crippen molar-refractivity contribution in [3.05, 3.63) is 35.4 Å². The number of fused-ring (bicyclic) bond motifs is 1. The van der Waals surface area contributed by atoms with E-state index in [1.165, 1.54) is 11.1 Å². The van der Waals surface area contributed by atoms with Gasteiger partial charge in [0, 0.05) is 19.1 Å². The van der Waals surface area contributed by atoms with Crippen LogP contribution in [0.3, 0.4) is 0 Å². The van der Waals surface area contributed by atoms with Gasteiger partial charge in [-0.1, -0.05) is 24.3 Å². The smallest absolute Gasteiger partial charge is 0.0233 e. The molecule has 4 heteroatoms. The van der Waals surface area contributed by atoms with Crippen LogP contribution in [-0.2, 0) is 13.0 Å². The molecule has 0 fully saturated rings. The van der Waals surface area contributed by atoms with E-state index in [0.717, 1.165) is 19.5 Å². The molecule has 1 heterocycles. The summed E-state index contributed by atoms with van der Waals surface area (Å²) in [5.74, 6) is 0. The number of nitrogens with two attached hydrogens (primary N) is 1. The van der Waals surface area contributed by atoms with Gasteiger partial charge in [0.1, 0.15) is 0 Å². The molecule has 1 atom stereocenters. The monoisotopic (exact) mass is 234 g/mol. The van der Waals surface area contributed by atoms with Crippen LogP contribution in [0.5, 0.6) is 0 Å². The third-order valence-corrected chi connectivity index (χ3v) is 2.45. The average molecular weight is 235 g/mol. The van der Waals surface area contributed by atoms with Crippen molar-refractivity contribution in [3.8, 4) is 0 Å². The number of rotatable bonds is 1. The van der Waals surface area contributed by atoms with Gasteiger partial charge in [-0.15, -0.1) is 24.8 Å². The molecule has 0 radical (unpaired) electrons. The van der Waals surface area contributed by atoms with E-state index in [4.69, 9.17) is 5.73 Å². The molecule has 80 valence electrons. The molecule has 0 aliphatic carbocycles. The second-order valence-electron chi connectivity index (χ2n) is 3.29. The van der Waals surface area contributed by atoms with Crippen molar-refractivity contribution >= 4 is 24.8 Å². The summed E-state index contributed by atoms with van der Waals surface area (Å²) in [6, 6.07) is 9.02. The Bertz CT molecular complexity index is 279. The van der Waals surface area contributed by atoms with E-state index in [-0.39, 0.29) is 24.8 Å². The third kappa shape index (κ3) is 2.85. The maximum Gasteiger partial charge on any atom is 0.0233 e. The van der Waals surface area contributed by atoms with Gasteiger partial charge in [-0.25, -0.2) is 0 Å². The molecule has 2 rings (SSSR count). The summed E-state index contributed by atoms with van der Waals surface area (Å²) >= 11 is 0. The highest BCUT2D eigenvalue weighted by Crippen LogP contribution is 2.15. The van der Waals surface area contributed by atoms with Crippen LogP contribution >= 0.6 is 24.8 Å². The van der Waals surface area contributed by atoms with E-state index in [0.29, 0.717) is 6.04 Å². The van der Waals surface area contributed by atoms with E-state index in [1.54, 1.807) is 0 Å². The van der Waals surface area contributed by atoms with Crippen molar-refractivity contribution in [3.63, 3.8) is 0 Å². The Labute approximate surface area is 97.1 Å². The predicted molar refractivity (Wildman–Crippen MR) is 64.3 cm³/mol. The average Bonchev–Trinajstić information content (AvgIpc) is 2.17. The van der Waals surface area contributed by atoms with Gasteiger partial charge in [0.25, 0.3) is 0 Å². The molecular formula is C10H16Cl2N2. The fraction of sp³-hybridized carbons (Fsp3) is 0.400. The Morgan fingerprint density at radius 1 is 1.21 bits per heavy atom. The standard InChI is InChI=1S/C10H14N2.2ClH/c11-6-10-5-8-3-1-2-4-9(8)7-12-10;;/h1-4,10,12H,5-7,11H2;2*1H/t10-;;/m0../s1. The van der Waals surface area contributed by atoms with Gasteiger partial charge in [0.2, 0.25) is 0 Å². The Kier molecular flexibility index (Phi) is 6.12. The van der Waals surface area contributed by atoms with Crippen molar-refractivity contribution in [2.24, 2.45) is 5.73 Å². The zero-order valence-corrected chi connectivity index (χ0v) is 9.53. The molecule has 0 aromatic heterocycles. The van der Waals surface area contributed by atoms with Crippen molar-refractivity contribution in [1.29, 1.82) is 0 Å². The van der Waals surface area contributed by atoms with E-state index in [1.807, 2.05) is 0 Å². The van der Waals surface area contributed by atoms with Gasteiger partial charge < -0.3 is 11.1 Å². The molecule has 3 N–H and O–H groups in total. The van der Waals surface area contributed by atoms with Gasteiger partial charge >= 0.3 is 0 Å². The lowest BCUT2D eigenvalue weighted by molar-refractivity contribution is 0.487. The lowest BCUT2D eigenvalue weighted by Gasteiger charge is -2.24. The summed E-state index contributed by atoms with van der Waals surface area (Å²) in [6.07, 6.45) is 1.08. The molecule has 14 heavy (non-hydrogen) atoms. The number of nitrogens with one attached hydrogen (secondary N) is 1. The number of halogens is 2. The third-order valence-electron chi connectivity index (χ3n) is 2.45. The van der Waals surface area contributed by atoms with Gasteiger partial charge in [0.05, 0.1) is 0 Å². The van der Waals surface area contributed by atoms with Crippen LogP contribution in [-0.4, -0.2) is 12.6 Å². The molecule has 0 spiro atoms. The summed E-state index contributed by atoms with van der Waals surface area (Å²) in [7, 11) is 0. The molecule has 1 aliphatic heterocycles. The van der Waals surface area contributed by atoms with Crippen LogP contribution in [0.15, 0.2) is 24.3 Å². The van der Waals surface area contributed by atoms with Gasteiger partial charge in [0.15, 0.2) is 0 Å². The summed E-state index contributed by atoms with van der Waals surface area (Å²) < 4.78 is 0. The van der Waals surface area contributed by atoms with Crippen LogP contribution in [0, 0.1) is 0 Å². The van der Waals surface area contributed by atoms with E-state index < -0.39 is 0 Å². The number of benzene rings is 1. The van der Waals surface area contributed by atoms with Crippen LogP contribution in [0.1, 0.15) is 11.1 Å². The minimum Gasteiger partial charge on any atom is -0.329 e. The van der Waals surface area contributed by atoms with Crippen LogP contribution in [0.2, 0.25) is 0 Å². The van der Waals surface area contributed by atoms with E-state index in [2.05, 4.69) is 29.6 Å².